The van der Waals surface area contributed by atoms with Crippen LogP contribution >= 0.6 is 12.6 Å². The van der Waals surface area contributed by atoms with E-state index in [2.05, 4.69) is 42.2 Å². The molecule has 4 rings (SSSR count). The van der Waals surface area contributed by atoms with E-state index in [0.29, 0.717) is 6.42 Å². The average Bonchev–Trinajstić information content (AvgIpc) is 3.06. The number of nitrogens with one attached hydrogen (secondary N) is 1. The molecule has 1 aliphatic rings. The Kier molecular flexibility index (Phi) is 6.19. The quantitative estimate of drug-likeness (QED) is 0.533. The lowest BCUT2D eigenvalue weighted by Gasteiger charge is -2.19. The Morgan fingerprint density at radius 3 is 2.03 bits per heavy atom. The highest BCUT2D eigenvalue weighted by atomic mass is 32.1. The zero-order chi connectivity index (χ0) is 20.9. The summed E-state index contributed by atoms with van der Waals surface area (Å²) in [7, 11) is 0. The van der Waals surface area contributed by atoms with E-state index >= 15 is 0 Å². The lowest BCUT2D eigenvalue weighted by Crippen LogP contribution is -2.38. The fourth-order valence-electron chi connectivity index (χ4n) is 4.09. The van der Waals surface area contributed by atoms with E-state index in [1.165, 1.54) is 11.1 Å². The van der Waals surface area contributed by atoms with Crippen molar-refractivity contribution in [2.45, 2.75) is 24.8 Å². The summed E-state index contributed by atoms with van der Waals surface area (Å²) >= 11 is 3.88. The fourth-order valence-corrected chi connectivity index (χ4v) is 4.31. The van der Waals surface area contributed by atoms with Gasteiger partial charge >= 0.3 is 6.09 Å². The number of amides is 1. The summed E-state index contributed by atoms with van der Waals surface area (Å²) < 4.78 is 5.60. The van der Waals surface area contributed by atoms with Crippen LogP contribution in [0.4, 0.5) is 4.79 Å². The zero-order valence-corrected chi connectivity index (χ0v) is 17.3. The van der Waals surface area contributed by atoms with E-state index in [0.717, 1.165) is 16.7 Å². The first-order valence-corrected chi connectivity index (χ1v) is 10.4. The molecule has 0 aromatic heterocycles. The Morgan fingerprint density at radius 2 is 1.43 bits per heavy atom. The van der Waals surface area contributed by atoms with Crippen molar-refractivity contribution in [1.29, 1.82) is 0 Å². The number of fused-ring (bicyclic) bond motifs is 3. The van der Waals surface area contributed by atoms with Crippen molar-refractivity contribution in [3.05, 3.63) is 95.6 Å². The molecule has 1 aliphatic carbocycles. The third-order valence-corrected chi connectivity index (χ3v) is 5.59. The SMILES string of the molecule is O=C(S)CC(Cc1ccccc1)NC(=O)OCC1c2ccccc2-c2ccccc21. The molecule has 0 bridgehead atoms. The molecule has 5 heteroatoms. The maximum Gasteiger partial charge on any atom is 0.407 e. The Hall–Kier alpha value is -3.05. The second kappa shape index (κ2) is 9.18. The van der Waals surface area contributed by atoms with Crippen molar-refractivity contribution < 1.29 is 14.3 Å². The van der Waals surface area contributed by atoms with Gasteiger partial charge in [-0.25, -0.2) is 4.79 Å². The highest BCUT2D eigenvalue weighted by molar-refractivity contribution is 7.96. The normalized spacial score (nSPS) is 13.2. The fraction of sp³-hybridized carbons (Fsp3) is 0.200. The predicted molar refractivity (Wildman–Crippen MR) is 121 cm³/mol. The van der Waals surface area contributed by atoms with Gasteiger partial charge in [0.2, 0.25) is 0 Å². The van der Waals surface area contributed by atoms with Crippen molar-refractivity contribution >= 4 is 23.8 Å². The van der Waals surface area contributed by atoms with Gasteiger partial charge < -0.3 is 10.1 Å². The van der Waals surface area contributed by atoms with E-state index in [1.807, 2.05) is 54.6 Å². The van der Waals surface area contributed by atoms with Crippen LogP contribution in [0.2, 0.25) is 0 Å². The Labute approximate surface area is 181 Å². The molecule has 0 saturated carbocycles. The van der Waals surface area contributed by atoms with Crippen molar-refractivity contribution in [2.24, 2.45) is 0 Å². The average molecular weight is 418 g/mol. The van der Waals surface area contributed by atoms with Gasteiger partial charge in [0.05, 0.1) is 0 Å². The molecule has 152 valence electrons. The number of rotatable bonds is 7. The van der Waals surface area contributed by atoms with Gasteiger partial charge in [0.1, 0.15) is 6.61 Å². The van der Waals surface area contributed by atoms with Gasteiger partial charge in [0.25, 0.3) is 0 Å². The maximum absolute atomic E-state index is 12.5. The second-order valence-electron chi connectivity index (χ2n) is 7.45. The summed E-state index contributed by atoms with van der Waals surface area (Å²) in [5.41, 5.74) is 5.74. The van der Waals surface area contributed by atoms with E-state index in [-0.39, 0.29) is 30.1 Å². The summed E-state index contributed by atoms with van der Waals surface area (Å²) in [5.74, 6) is 0.00207. The van der Waals surface area contributed by atoms with E-state index < -0.39 is 6.09 Å². The first-order valence-electron chi connectivity index (χ1n) is 9.99. The highest BCUT2D eigenvalue weighted by Crippen LogP contribution is 2.44. The van der Waals surface area contributed by atoms with Gasteiger partial charge in [-0.1, -0.05) is 78.9 Å². The first-order chi connectivity index (χ1) is 14.6. The van der Waals surface area contributed by atoms with Crippen LogP contribution in [-0.4, -0.2) is 23.9 Å². The third-order valence-electron chi connectivity index (χ3n) is 5.41. The van der Waals surface area contributed by atoms with Gasteiger partial charge in [-0.3, -0.25) is 4.79 Å². The summed E-state index contributed by atoms with van der Waals surface area (Å²) in [4.78, 5) is 24.1. The van der Waals surface area contributed by atoms with Crippen LogP contribution in [0.15, 0.2) is 78.9 Å². The molecule has 30 heavy (non-hydrogen) atoms. The number of carbonyl (C=O) groups is 2. The molecule has 1 atom stereocenters. The summed E-state index contributed by atoms with van der Waals surface area (Å²) in [6.45, 7) is 0.243. The first kappa shape index (κ1) is 20.2. The lowest BCUT2D eigenvalue weighted by atomic mass is 9.98. The summed E-state index contributed by atoms with van der Waals surface area (Å²) in [6.07, 6.45) is 0.159. The minimum atomic E-state index is -0.521. The molecule has 0 radical (unpaired) electrons. The van der Waals surface area contributed by atoms with Crippen LogP contribution in [0.1, 0.15) is 29.0 Å². The molecule has 0 heterocycles. The number of thiol groups is 1. The molecule has 0 fully saturated rings. The zero-order valence-electron chi connectivity index (χ0n) is 16.5. The number of carbonyl (C=O) groups excluding carboxylic acids is 2. The molecule has 0 spiro atoms. The third kappa shape index (κ3) is 4.57. The van der Waals surface area contributed by atoms with Crippen LogP contribution < -0.4 is 5.32 Å². The van der Waals surface area contributed by atoms with Crippen LogP contribution in [0.25, 0.3) is 11.1 Å². The predicted octanol–water partition coefficient (Wildman–Crippen LogP) is 4.98. The maximum atomic E-state index is 12.5. The van der Waals surface area contributed by atoms with E-state index in [4.69, 9.17) is 4.74 Å². The number of ether oxygens (including phenoxy) is 1. The van der Waals surface area contributed by atoms with Crippen LogP contribution in [-0.2, 0) is 16.0 Å². The number of alkyl carbamates (subject to hydrolysis) is 1. The molecule has 0 aliphatic heterocycles. The minimum Gasteiger partial charge on any atom is -0.449 e. The van der Waals surface area contributed by atoms with Crippen molar-refractivity contribution in [3.63, 3.8) is 0 Å². The molecule has 3 aromatic rings. The molecule has 1 amide bonds. The van der Waals surface area contributed by atoms with Crippen molar-refractivity contribution in [1.82, 2.24) is 5.32 Å². The molecular formula is C25H23NO3S. The second-order valence-corrected chi connectivity index (χ2v) is 7.95. The molecule has 0 saturated heterocycles. The van der Waals surface area contributed by atoms with Gasteiger partial charge in [0.15, 0.2) is 5.12 Å². The summed E-state index contributed by atoms with van der Waals surface area (Å²) in [5, 5.41) is 2.57. The highest BCUT2D eigenvalue weighted by Gasteiger charge is 2.29. The minimum absolute atomic E-state index is 0.00207. The molecule has 3 aromatic carbocycles. The molecule has 4 nitrogen and oxygen atoms in total. The van der Waals surface area contributed by atoms with Gasteiger partial charge in [0, 0.05) is 18.4 Å². The smallest absolute Gasteiger partial charge is 0.407 e. The Balaban J connectivity index is 1.43. The van der Waals surface area contributed by atoms with E-state index in [1.54, 1.807) is 0 Å². The number of hydrogen-bond acceptors (Lipinski definition) is 3. The van der Waals surface area contributed by atoms with Crippen molar-refractivity contribution in [3.8, 4) is 11.1 Å². The number of hydrogen-bond donors (Lipinski definition) is 2. The molecule has 1 unspecified atom stereocenters. The van der Waals surface area contributed by atoms with Crippen LogP contribution in [0.5, 0.6) is 0 Å². The lowest BCUT2D eigenvalue weighted by molar-refractivity contribution is -0.111. The van der Waals surface area contributed by atoms with Crippen molar-refractivity contribution in [2.75, 3.05) is 6.61 Å². The Bertz CT molecular complexity index is 1010. The number of benzene rings is 3. The topological polar surface area (TPSA) is 55.4 Å². The van der Waals surface area contributed by atoms with Crippen LogP contribution in [0, 0.1) is 0 Å². The van der Waals surface area contributed by atoms with E-state index in [9.17, 15) is 9.59 Å². The Morgan fingerprint density at radius 1 is 0.867 bits per heavy atom. The largest absolute Gasteiger partial charge is 0.449 e. The molecule has 1 N–H and O–H groups in total. The standard InChI is InChI=1S/C25H23NO3S/c27-24(30)15-18(14-17-8-2-1-3-9-17)26-25(28)29-16-23-21-12-6-4-10-19(21)20-11-5-7-13-22(20)23/h1-13,18,23H,14-16H2,(H,26,28)(H,27,30). The van der Waals surface area contributed by atoms with Crippen LogP contribution in [0.3, 0.4) is 0 Å². The monoisotopic (exact) mass is 417 g/mol. The van der Waals surface area contributed by atoms with Gasteiger partial charge in [-0.2, -0.15) is 0 Å². The van der Waals surface area contributed by atoms with Gasteiger partial charge in [-0.15, -0.1) is 12.6 Å². The molecular weight excluding hydrogens is 394 g/mol. The summed E-state index contributed by atoms with van der Waals surface area (Å²) in [6, 6.07) is 25.8. The van der Waals surface area contributed by atoms with Gasteiger partial charge in [-0.05, 0) is 34.2 Å².